The number of carbonyl (C=O) groups is 1. The number of halogens is 5. The van der Waals surface area contributed by atoms with E-state index >= 15 is 0 Å². The summed E-state index contributed by atoms with van der Waals surface area (Å²) < 4.78 is 58.1. The second kappa shape index (κ2) is 8.68. The van der Waals surface area contributed by atoms with Gasteiger partial charge in [0.05, 0.1) is 17.3 Å². The van der Waals surface area contributed by atoms with Gasteiger partial charge in [-0.05, 0) is 31.2 Å². The van der Waals surface area contributed by atoms with E-state index in [0.29, 0.717) is 18.2 Å². The first kappa shape index (κ1) is 20.4. The van der Waals surface area contributed by atoms with Gasteiger partial charge >= 0.3 is 5.97 Å². The molecule has 1 N–H and O–H groups in total. The lowest BCUT2D eigenvalue weighted by Gasteiger charge is -2.09. The number of aliphatic hydroxyl groups excluding tert-OH is 1. The molecule has 0 unspecified atom stereocenters. The number of aliphatic hydroxyl groups is 1. The van der Waals surface area contributed by atoms with E-state index in [1.54, 1.807) is 0 Å². The highest BCUT2D eigenvalue weighted by Crippen LogP contribution is 2.28. The number of rotatable bonds is 5. The fourth-order valence-electron chi connectivity index (χ4n) is 1.99. The van der Waals surface area contributed by atoms with Crippen molar-refractivity contribution in [3.8, 4) is 0 Å². The molecule has 0 saturated carbocycles. The summed E-state index contributed by atoms with van der Waals surface area (Å²) in [5, 5.41) is 9.95. The van der Waals surface area contributed by atoms with Gasteiger partial charge in [0.15, 0.2) is 17.5 Å². The molecule has 0 fully saturated rings. The third-order valence-electron chi connectivity index (χ3n) is 3.26. The van der Waals surface area contributed by atoms with Crippen LogP contribution in [0, 0.1) is 23.3 Å². The third-order valence-corrected chi connectivity index (χ3v) is 3.57. The van der Waals surface area contributed by atoms with Gasteiger partial charge in [-0.1, -0.05) is 11.6 Å². The molecule has 0 bridgehead atoms. The summed E-state index contributed by atoms with van der Waals surface area (Å²) in [5.74, 6) is -6.34. The summed E-state index contributed by atoms with van der Waals surface area (Å²) in [6.07, 6.45) is 0.751. The third kappa shape index (κ3) is 4.85. The molecule has 4 nitrogen and oxygen atoms in total. The van der Waals surface area contributed by atoms with Crippen molar-refractivity contribution in [2.24, 2.45) is 4.99 Å². The van der Waals surface area contributed by atoms with Crippen LogP contribution in [0.2, 0.25) is 5.02 Å². The van der Waals surface area contributed by atoms with Gasteiger partial charge in [-0.25, -0.2) is 22.4 Å². The van der Waals surface area contributed by atoms with Gasteiger partial charge in [0, 0.05) is 17.8 Å². The van der Waals surface area contributed by atoms with Crippen molar-refractivity contribution in [1.82, 2.24) is 0 Å². The minimum absolute atomic E-state index is 0.0696. The second-order valence-corrected chi connectivity index (χ2v) is 5.49. The molecule has 2 rings (SSSR count). The van der Waals surface area contributed by atoms with Crippen molar-refractivity contribution in [3.05, 3.63) is 69.8 Å². The molecule has 0 radical (unpaired) electrons. The van der Waals surface area contributed by atoms with Gasteiger partial charge in [0.1, 0.15) is 17.1 Å². The zero-order valence-corrected chi connectivity index (χ0v) is 14.5. The zero-order chi connectivity index (χ0) is 20.1. The average Bonchev–Trinajstić information content (AvgIpc) is 2.60. The van der Waals surface area contributed by atoms with Gasteiger partial charge in [0.25, 0.3) is 0 Å². The van der Waals surface area contributed by atoms with Crippen LogP contribution >= 0.6 is 11.6 Å². The van der Waals surface area contributed by atoms with Crippen LogP contribution in [0.3, 0.4) is 0 Å². The van der Waals surface area contributed by atoms with Crippen molar-refractivity contribution < 1.29 is 32.2 Å². The molecule has 27 heavy (non-hydrogen) atoms. The Hall–Kier alpha value is -2.87. The van der Waals surface area contributed by atoms with Crippen LogP contribution in [0.15, 0.2) is 40.9 Å². The van der Waals surface area contributed by atoms with Crippen molar-refractivity contribution in [1.29, 1.82) is 0 Å². The number of hydrogen-bond donors (Lipinski definition) is 1. The van der Waals surface area contributed by atoms with E-state index in [2.05, 4.69) is 4.99 Å². The lowest BCUT2D eigenvalue weighted by atomic mass is 10.1. The van der Waals surface area contributed by atoms with Crippen LogP contribution in [0.5, 0.6) is 0 Å². The quantitative estimate of drug-likeness (QED) is 0.189. The summed E-state index contributed by atoms with van der Waals surface area (Å²) in [5.41, 5.74) is -1.32. The molecule has 0 aliphatic carbocycles. The summed E-state index contributed by atoms with van der Waals surface area (Å²) in [6.45, 7) is 1.42. The van der Waals surface area contributed by atoms with Crippen LogP contribution in [0.4, 0.5) is 23.2 Å². The molecule has 0 aliphatic heterocycles. The number of hydrogen-bond acceptors (Lipinski definition) is 4. The van der Waals surface area contributed by atoms with E-state index in [1.165, 1.54) is 6.92 Å². The number of esters is 1. The highest BCUT2D eigenvalue weighted by molar-refractivity contribution is 6.32. The first-order chi connectivity index (χ1) is 12.7. The maximum Gasteiger partial charge on any atom is 0.343 e. The highest BCUT2D eigenvalue weighted by Gasteiger charge is 2.20. The number of ether oxygens (including phenoxy) is 1. The summed E-state index contributed by atoms with van der Waals surface area (Å²) in [4.78, 5) is 15.8. The van der Waals surface area contributed by atoms with Gasteiger partial charge in [-0.2, -0.15) is 0 Å². The van der Waals surface area contributed by atoms with E-state index in [9.17, 15) is 27.5 Å². The van der Waals surface area contributed by atoms with E-state index in [4.69, 9.17) is 16.3 Å². The second-order valence-electron chi connectivity index (χ2n) is 5.08. The molecule has 2 aromatic carbocycles. The Morgan fingerprint density at radius 3 is 2.44 bits per heavy atom. The first-order valence-corrected chi connectivity index (χ1v) is 7.86. The van der Waals surface area contributed by atoms with Crippen LogP contribution in [0.1, 0.15) is 12.5 Å². The lowest BCUT2D eigenvalue weighted by Crippen LogP contribution is -2.11. The van der Waals surface area contributed by atoms with Crippen LogP contribution in [-0.4, -0.2) is 23.9 Å². The Bertz CT molecular complexity index is 944. The standard InChI is InChI=1S/C18H12ClF4NO3/c1-2-27-18(26)11(8-24-16-4-3-9(20)5-15(16)23)17(25)10-6-13(21)14(22)7-12(10)19/h3-8,25H,2H2,1H3. The zero-order valence-electron chi connectivity index (χ0n) is 13.8. The van der Waals surface area contributed by atoms with Crippen LogP contribution in [-0.2, 0) is 9.53 Å². The Morgan fingerprint density at radius 2 is 1.81 bits per heavy atom. The molecule has 0 saturated heterocycles. The smallest absolute Gasteiger partial charge is 0.343 e. The molecule has 0 aromatic heterocycles. The van der Waals surface area contributed by atoms with Gasteiger partial charge in [0.2, 0.25) is 0 Å². The average molecular weight is 402 g/mol. The lowest BCUT2D eigenvalue weighted by molar-refractivity contribution is -0.137. The van der Waals surface area contributed by atoms with Crippen molar-refractivity contribution in [2.45, 2.75) is 6.92 Å². The number of aliphatic imine (C=N–C) groups is 1. The molecule has 0 heterocycles. The summed E-state index contributed by atoms with van der Waals surface area (Å²) >= 11 is 5.78. The number of benzene rings is 2. The molecule has 142 valence electrons. The monoisotopic (exact) mass is 401 g/mol. The minimum Gasteiger partial charge on any atom is -0.506 e. The maximum absolute atomic E-state index is 13.7. The van der Waals surface area contributed by atoms with E-state index in [1.807, 2.05) is 0 Å². The summed E-state index contributed by atoms with van der Waals surface area (Å²) in [7, 11) is 0. The Balaban J connectivity index is 2.57. The summed E-state index contributed by atoms with van der Waals surface area (Å²) in [6, 6.07) is 3.72. The van der Waals surface area contributed by atoms with Gasteiger partial charge in [-0.3, -0.25) is 4.99 Å². The Labute approximate surface area is 156 Å². The molecule has 0 amide bonds. The molecule has 2 aromatic rings. The molecular weight excluding hydrogens is 390 g/mol. The van der Waals surface area contributed by atoms with Gasteiger partial charge in [-0.15, -0.1) is 0 Å². The normalized spacial score (nSPS) is 12.2. The van der Waals surface area contributed by atoms with Crippen LogP contribution < -0.4 is 0 Å². The predicted molar refractivity (Wildman–Crippen MR) is 92.1 cm³/mol. The van der Waals surface area contributed by atoms with Crippen molar-refractivity contribution in [3.63, 3.8) is 0 Å². The minimum atomic E-state index is -1.31. The molecule has 0 atom stereocenters. The maximum atomic E-state index is 13.7. The molecular formula is C18H12ClF4NO3. The van der Waals surface area contributed by atoms with E-state index in [0.717, 1.165) is 18.3 Å². The molecule has 9 heteroatoms. The topological polar surface area (TPSA) is 58.9 Å². The molecule has 0 aliphatic rings. The Morgan fingerprint density at radius 1 is 1.15 bits per heavy atom. The number of carbonyl (C=O) groups excluding carboxylic acids is 1. The first-order valence-electron chi connectivity index (χ1n) is 7.49. The highest BCUT2D eigenvalue weighted by atomic mass is 35.5. The largest absolute Gasteiger partial charge is 0.506 e. The molecule has 0 spiro atoms. The SMILES string of the molecule is CCOC(=O)C(C=Nc1ccc(F)cc1F)=C(O)c1cc(F)c(F)cc1Cl. The van der Waals surface area contributed by atoms with Gasteiger partial charge < -0.3 is 9.84 Å². The fraction of sp³-hybridized carbons (Fsp3) is 0.111. The Kier molecular flexibility index (Phi) is 6.57. The van der Waals surface area contributed by atoms with Crippen molar-refractivity contribution in [2.75, 3.05) is 6.61 Å². The van der Waals surface area contributed by atoms with E-state index < -0.39 is 46.1 Å². The van der Waals surface area contributed by atoms with Crippen molar-refractivity contribution >= 4 is 35.2 Å². The predicted octanol–water partition coefficient (Wildman–Crippen LogP) is 5.13. The van der Waals surface area contributed by atoms with Crippen LogP contribution in [0.25, 0.3) is 5.76 Å². The fourth-order valence-corrected chi connectivity index (χ4v) is 2.23. The van der Waals surface area contributed by atoms with E-state index in [-0.39, 0.29) is 17.3 Å². The number of nitrogens with zero attached hydrogens (tertiary/aromatic N) is 1.